The van der Waals surface area contributed by atoms with Crippen molar-refractivity contribution in [1.82, 2.24) is 9.88 Å². The molecule has 5 rings (SSSR count). The highest BCUT2D eigenvalue weighted by Gasteiger charge is 2.18. The van der Waals surface area contributed by atoms with Crippen LogP contribution >= 0.6 is 0 Å². The predicted octanol–water partition coefficient (Wildman–Crippen LogP) is 4.39. The molecule has 2 N–H and O–H groups in total. The van der Waals surface area contributed by atoms with E-state index in [-0.39, 0.29) is 0 Å². The van der Waals surface area contributed by atoms with Crippen LogP contribution in [0.3, 0.4) is 0 Å². The Hall–Kier alpha value is -2.98. The Morgan fingerprint density at radius 3 is 2.57 bits per heavy atom. The number of anilines is 1. The van der Waals surface area contributed by atoms with Crippen molar-refractivity contribution in [1.29, 1.82) is 0 Å². The van der Waals surface area contributed by atoms with Gasteiger partial charge in [0.05, 0.1) is 0 Å². The van der Waals surface area contributed by atoms with Gasteiger partial charge in [0.1, 0.15) is 5.75 Å². The zero-order valence-corrected chi connectivity index (χ0v) is 15.9. The third-order valence-corrected chi connectivity index (χ3v) is 5.93. The average molecular weight is 371 g/mol. The number of nitrogens with zero attached hydrogens (tertiary/aromatic N) is 2. The molecular weight excluding hydrogens is 346 g/mol. The van der Waals surface area contributed by atoms with Gasteiger partial charge < -0.3 is 15.0 Å². The lowest BCUT2D eigenvalue weighted by Crippen LogP contribution is -2.47. The van der Waals surface area contributed by atoms with Gasteiger partial charge in [0.25, 0.3) is 0 Å². The summed E-state index contributed by atoms with van der Waals surface area (Å²) in [6.07, 6.45) is 3.08. The molecule has 1 saturated heterocycles. The second kappa shape index (κ2) is 7.21. The summed E-state index contributed by atoms with van der Waals surface area (Å²) >= 11 is 0. The second-order valence-corrected chi connectivity index (χ2v) is 7.62. The molecule has 0 spiro atoms. The van der Waals surface area contributed by atoms with Gasteiger partial charge in [-0.05, 0) is 41.6 Å². The first-order valence-electron chi connectivity index (χ1n) is 10.0. The summed E-state index contributed by atoms with van der Waals surface area (Å²) in [5, 5.41) is 13.6. The minimum absolute atomic E-state index is 0.331. The molecule has 0 unspecified atom stereocenters. The maximum Gasteiger partial charge on any atom is 0.116 e. The van der Waals surface area contributed by atoms with Crippen molar-refractivity contribution in [3.8, 4) is 5.75 Å². The van der Waals surface area contributed by atoms with Crippen molar-refractivity contribution in [2.45, 2.75) is 6.42 Å². The third-order valence-electron chi connectivity index (χ3n) is 5.93. The van der Waals surface area contributed by atoms with Gasteiger partial charge in [0, 0.05) is 60.9 Å². The molecule has 1 aromatic heterocycles. The number of fused-ring (bicyclic) bond motifs is 2. The van der Waals surface area contributed by atoms with Gasteiger partial charge in [-0.1, -0.05) is 36.4 Å². The SMILES string of the molecule is Oc1ccc2[nH]cc(CCN3CCN(c4cccc5ccccc45)CC3)c2c1. The van der Waals surface area contributed by atoms with Crippen LogP contribution in [0.4, 0.5) is 5.69 Å². The Kier molecular flexibility index (Phi) is 4.41. The lowest BCUT2D eigenvalue weighted by atomic mass is 10.1. The number of aromatic nitrogens is 1. The summed E-state index contributed by atoms with van der Waals surface area (Å²) in [6, 6.07) is 20.8. The molecule has 1 aliphatic heterocycles. The largest absolute Gasteiger partial charge is 0.508 e. The molecule has 1 aliphatic rings. The van der Waals surface area contributed by atoms with Gasteiger partial charge in [-0.2, -0.15) is 0 Å². The quantitative estimate of drug-likeness (QED) is 0.559. The summed E-state index contributed by atoms with van der Waals surface area (Å²) in [5.74, 6) is 0.331. The summed E-state index contributed by atoms with van der Waals surface area (Å²) in [6.45, 7) is 5.32. The van der Waals surface area contributed by atoms with Crippen LogP contribution in [0, 0.1) is 0 Å². The monoisotopic (exact) mass is 371 g/mol. The predicted molar refractivity (Wildman–Crippen MR) is 116 cm³/mol. The van der Waals surface area contributed by atoms with Crippen LogP contribution in [-0.2, 0) is 6.42 Å². The van der Waals surface area contributed by atoms with Crippen LogP contribution < -0.4 is 4.90 Å². The number of benzene rings is 3. The van der Waals surface area contributed by atoms with E-state index in [4.69, 9.17) is 0 Å². The summed E-state index contributed by atoms with van der Waals surface area (Å²) in [5.41, 5.74) is 3.72. The van der Waals surface area contributed by atoms with Crippen molar-refractivity contribution in [2.75, 3.05) is 37.6 Å². The Bertz CT molecular complexity index is 1100. The van der Waals surface area contributed by atoms with Crippen LogP contribution in [0.5, 0.6) is 5.75 Å². The molecule has 2 heterocycles. The maximum absolute atomic E-state index is 9.77. The Morgan fingerprint density at radius 1 is 0.857 bits per heavy atom. The van der Waals surface area contributed by atoms with Crippen LogP contribution in [0.25, 0.3) is 21.7 Å². The number of rotatable bonds is 4. The number of piperazine rings is 1. The van der Waals surface area contributed by atoms with E-state index in [0.29, 0.717) is 5.75 Å². The van der Waals surface area contributed by atoms with Crippen molar-refractivity contribution in [2.24, 2.45) is 0 Å². The highest BCUT2D eigenvalue weighted by atomic mass is 16.3. The normalized spacial score (nSPS) is 15.5. The molecule has 0 amide bonds. The molecule has 0 radical (unpaired) electrons. The fraction of sp³-hybridized carbons (Fsp3) is 0.250. The van der Waals surface area contributed by atoms with Crippen molar-refractivity contribution >= 4 is 27.4 Å². The van der Waals surface area contributed by atoms with Gasteiger partial charge in [0.15, 0.2) is 0 Å². The molecular formula is C24H25N3O. The third kappa shape index (κ3) is 3.20. The maximum atomic E-state index is 9.77. The highest BCUT2D eigenvalue weighted by Crippen LogP contribution is 2.28. The van der Waals surface area contributed by atoms with Crippen LogP contribution in [0.1, 0.15) is 5.56 Å². The molecule has 4 aromatic rings. The van der Waals surface area contributed by atoms with E-state index >= 15 is 0 Å². The highest BCUT2D eigenvalue weighted by molar-refractivity contribution is 5.94. The van der Waals surface area contributed by atoms with Crippen LogP contribution in [-0.4, -0.2) is 47.7 Å². The Morgan fingerprint density at radius 2 is 1.68 bits per heavy atom. The number of phenols is 1. The standard InChI is InChI=1S/C24H25N3O/c28-20-8-9-23-22(16-20)19(17-25-23)10-11-26-12-14-27(15-13-26)24-7-3-5-18-4-1-2-6-21(18)24/h1-9,16-17,25,28H,10-15H2. The lowest BCUT2D eigenvalue weighted by molar-refractivity contribution is 0.261. The minimum Gasteiger partial charge on any atom is -0.508 e. The van der Waals surface area contributed by atoms with Crippen LogP contribution in [0.2, 0.25) is 0 Å². The second-order valence-electron chi connectivity index (χ2n) is 7.62. The number of hydrogen-bond acceptors (Lipinski definition) is 3. The Labute approximate surface area is 165 Å². The fourth-order valence-corrected chi connectivity index (χ4v) is 4.35. The molecule has 3 aromatic carbocycles. The molecule has 4 heteroatoms. The summed E-state index contributed by atoms with van der Waals surface area (Å²) in [7, 11) is 0. The van der Waals surface area contributed by atoms with E-state index in [1.807, 2.05) is 12.1 Å². The smallest absolute Gasteiger partial charge is 0.116 e. The molecule has 0 atom stereocenters. The van der Waals surface area contributed by atoms with E-state index < -0.39 is 0 Å². The Balaban J connectivity index is 1.24. The summed E-state index contributed by atoms with van der Waals surface area (Å²) in [4.78, 5) is 8.37. The van der Waals surface area contributed by atoms with Gasteiger partial charge in [-0.25, -0.2) is 0 Å². The molecule has 28 heavy (non-hydrogen) atoms. The number of aromatic hydroxyl groups is 1. The summed E-state index contributed by atoms with van der Waals surface area (Å²) < 4.78 is 0. The van der Waals surface area contributed by atoms with E-state index in [0.717, 1.165) is 50.0 Å². The van der Waals surface area contributed by atoms with Crippen molar-refractivity contribution in [3.05, 3.63) is 72.4 Å². The molecule has 0 bridgehead atoms. The van der Waals surface area contributed by atoms with Crippen molar-refractivity contribution in [3.63, 3.8) is 0 Å². The molecule has 1 fully saturated rings. The van der Waals surface area contributed by atoms with E-state index in [1.54, 1.807) is 6.07 Å². The number of nitrogens with one attached hydrogen (secondary N) is 1. The number of hydrogen-bond donors (Lipinski definition) is 2. The van der Waals surface area contributed by atoms with E-state index in [2.05, 4.69) is 63.4 Å². The minimum atomic E-state index is 0.331. The zero-order valence-electron chi connectivity index (χ0n) is 15.9. The van der Waals surface area contributed by atoms with Gasteiger partial charge in [0.2, 0.25) is 0 Å². The number of aromatic amines is 1. The number of H-pyrrole nitrogens is 1. The van der Waals surface area contributed by atoms with Gasteiger partial charge >= 0.3 is 0 Å². The van der Waals surface area contributed by atoms with E-state index in [1.165, 1.54) is 22.0 Å². The molecule has 0 aliphatic carbocycles. The van der Waals surface area contributed by atoms with Gasteiger partial charge in [-0.15, -0.1) is 0 Å². The van der Waals surface area contributed by atoms with Crippen molar-refractivity contribution < 1.29 is 5.11 Å². The van der Waals surface area contributed by atoms with E-state index in [9.17, 15) is 5.11 Å². The lowest BCUT2D eigenvalue weighted by Gasteiger charge is -2.36. The zero-order chi connectivity index (χ0) is 18.9. The van der Waals surface area contributed by atoms with Gasteiger partial charge in [-0.3, -0.25) is 4.90 Å². The first kappa shape index (κ1) is 17.1. The fourth-order valence-electron chi connectivity index (χ4n) is 4.35. The molecule has 4 nitrogen and oxygen atoms in total. The van der Waals surface area contributed by atoms with Crippen LogP contribution in [0.15, 0.2) is 66.9 Å². The number of phenolic OH excluding ortho intramolecular Hbond substituents is 1. The first-order valence-corrected chi connectivity index (χ1v) is 10.0. The average Bonchev–Trinajstić information content (AvgIpc) is 3.14. The molecule has 0 saturated carbocycles. The topological polar surface area (TPSA) is 42.5 Å². The molecule has 142 valence electrons. The first-order chi connectivity index (χ1) is 13.8.